The topological polar surface area (TPSA) is 55.8 Å². The highest BCUT2D eigenvalue weighted by Crippen LogP contribution is 2.45. The third kappa shape index (κ3) is 3.49. The van der Waals surface area contributed by atoms with Gasteiger partial charge in [0.15, 0.2) is 17.3 Å². The third-order valence-corrected chi connectivity index (χ3v) is 5.95. The van der Waals surface area contributed by atoms with Crippen molar-refractivity contribution in [2.75, 3.05) is 19.1 Å². The van der Waals surface area contributed by atoms with Crippen molar-refractivity contribution in [3.63, 3.8) is 0 Å². The second-order valence-corrected chi connectivity index (χ2v) is 8.08. The highest BCUT2D eigenvalue weighted by molar-refractivity contribution is 6.07. The van der Waals surface area contributed by atoms with E-state index in [1.807, 2.05) is 44.2 Å². The quantitative estimate of drug-likeness (QED) is 0.730. The van der Waals surface area contributed by atoms with Crippen molar-refractivity contribution in [3.8, 4) is 11.5 Å². The van der Waals surface area contributed by atoms with Gasteiger partial charge < -0.3 is 9.47 Å². The van der Waals surface area contributed by atoms with Gasteiger partial charge in [-0.3, -0.25) is 14.5 Å². The first-order valence-electron chi connectivity index (χ1n) is 10.3. The number of Topliss-reactive ketones (excluding diaryl/α,β-unsaturated/α-hetero) is 1. The van der Waals surface area contributed by atoms with Gasteiger partial charge in [0.1, 0.15) is 0 Å². The Balaban J connectivity index is 1.85. The predicted molar refractivity (Wildman–Crippen MR) is 116 cm³/mol. The summed E-state index contributed by atoms with van der Waals surface area (Å²) in [5.41, 5.74) is 5.59. The van der Waals surface area contributed by atoms with Gasteiger partial charge in [-0.05, 0) is 67.6 Å². The average Bonchev–Trinajstić information content (AvgIpc) is 2.72. The molecule has 0 N–H and O–H groups in total. The number of benzene rings is 2. The molecule has 1 amide bonds. The van der Waals surface area contributed by atoms with Crippen LogP contribution in [0.2, 0.25) is 0 Å². The molecule has 1 aliphatic carbocycles. The van der Waals surface area contributed by atoms with Crippen LogP contribution < -0.4 is 14.4 Å². The van der Waals surface area contributed by atoms with Gasteiger partial charge in [-0.1, -0.05) is 12.1 Å². The Labute approximate surface area is 177 Å². The monoisotopic (exact) mass is 405 g/mol. The molecule has 5 heteroatoms. The maximum atomic E-state index is 13.4. The molecule has 30 heavy (non-hydrogen) atoms. The summed E-state index contributed by atoms with van der Waals surface area (Å²) in [5.74, 6) is 1.13. The van der Waals surface area contributed by atoms with Crippen molar-refractivity contribution in [2.45, 2.75) is 45.4 Å². The highest BCUT2D eigenvalue weighted by atomic mass is 16.5. The van der Waals surface area contributed by atoms with Crippen LogP contribution in [0.1, 0.15) is 48.3 Å². The number of anilines is 1. The summed E-state index contributed by atoms with van der Waals surface area (Å²) in [4.78, 5) is 28.2. The van der Waals surface area contributed by atoms with E-state index >= 15 is 0 Å². The van der Waals surface area contributed by atoms with Gasteiger partial charge in [0.2, 0.25) is 5.91 Å². The summed E-state index contributed by atoms with van der Waals surface area (Å²) in [6, 6.07) is 11.8. The molecule has 4 rings (SSSR count). The molecule has 1 atom stereocenters. The van der Waals surface area contributed by atoms with Crippen LogP contribution in [0.3, 0.4) is 0 Å². The second kappa shape index (κ2) is 7.98. The number of ketones is 1. The Bertz CT molecular complexity index is 1030. The van der Waals surface area contributed by atoms with Crippen molar-refractivity contribution in [2.24, 2.45) is 0 Å². The van der Waals surface area contributed by atoms with E-state index in [1.165, 1.54) is 0 Å². The summed E-state index contributed by atoms with van der Waals surface area (Å²) in [5, 5.41) is 0. The molecular formula is C25H27NO4. The van der Waals surface area contributed by atoms with Gasteiger partial charge in [0.05, 0.1) is 14.2 Å². The molecule has 156 valence electrons. The molecule has 1 heterocycles. The van der Waals surface area contributed by atoms with Gasteiger partial charge in [0.25, 0.3) is 0 Å². The van der Waals surface area contributed by atoms with Crippen LogP contribution in [-0.2, 0) is 9.59 Å². The van der Waals surface area contributed by atoms with E-state index in [2.05, 4.69) is 6.07 Å². The van der Waals surface area contributed by atoms with E-state index in [0.717, 1.165) is 46.5 Å². The Morgan fingerprint density at radius 3 is 2.27 bits per heavy atom. The summed E-state index contributed by atoms with van der Waals surface area (Å²) < 4.78 is 10.8. The molecule has 0 fully saturated rings. The number of allylic oxidation sites excluding steroid dienone is 2. The van der Waals surface area contributed by atoms with Gasteiger partial charge in [-0.2, -0.15) is 0 Å². The number of carbonyl (C=O) groups is 2. The maximum Gasteiger partial charge on any atom is 0.232 e. The molecule has 2 aromatic rings. The van der Waals surface area contributed by atoms with Crippen molar-refractivity contribution < 1.29 is 19.1 Å². The first kappa shape index (κ1) is 20.2. The minimum Gasteiger partial charge on any atom is -0.493 e. The van der Waals surface area contributed by atoms with Gasteiger partial charge >= 0.3 is 0 Å². The number of ether oxygens (including phenoxy) is 2. The van der Waals surface area contributed by atoms with Crippen LogP contribution in [0.5, 0.6) is 11.5 Å². The lowest BCUT2D eigenvalue weighted by molar-refractivity contribution is -0.119. The maximum absolute atomic E-state index is 13.4. The number of hydrogen-bond acceptors (Lipinski definition) is 4. The van der Waals surface area contributed by atoms with Crippen molar-refractivity contribution in [3.05, 3.63) is 64.4 Å². The minimum atomic E-state index is -0.262. The zero-order chi connectivity index (χ0) is 21.4. The van der Waals surface area contributed by atoms with E-state index in [9.17, 15) is 9.59 Å². The molecule has 0 bridgehead atoms. The first-order chi connectivity index (χ1) is 14.4. The second-order valence-electron chi connectivity index (χ2n) is 8.08. The zero-order valence-corrected chi connectivity index (χ0v) is 18.0. The van der Waals surface area contributed by atoms with Crippen LogP contribution in [0, 0.1) is 13.8 Å². The molecular weight excluding hydrogens is 378 g/mol. The molecule has 5 nitrogen and oxygen atoms in total. The van der Waals surface area contributed by atoms with E-state index in [4.69, 9.17) is 9.47 Å². The van der Waals surface area contributed by atoms with Crippen molar-refractivity contribution >= 4 is 17.4 Å². The normalized spacial score (nSPS) is 19.1. The molecule has 0 saturated heterocycles. The predicted octanol–water partition coefficient (Wildman–Crippen LogP) is 4.85. The molecule has 0 spiro atoms. The van der Waals surface area contributed by atoms with Crippen LogP contribution in [0.25, 0.3) is 0 Å². The highest BCUT2D eigenvalue weighted by Gasteiger charge is 2.40. The number of amides is 1. The minimum absolute atomic E-state index is 0.0215. The van der Waals surface area contributed by atoms with E-state index in [1.54, 1.807) is 19.1 Å². The molecule has 1 aliphatic heterocycles. The van der Waals surface area contributed by atoms with Crippen molar-refractivity contribution in [1.29, 1.82) is 0 Å². The first-order valence-corrected chi connectivity index (χ1v) is 10.3. The summed E-state index contributed by atoms with van der Waals surface area (Å²) >= 11 is 0. The van der Waals surface area contributed by atoms with Crippen LogP contribution in [-0.4, -0.2) is 25.9 Å². The number of methoxy groups -OCH3 is 2. The van der Waals surface area contributed by atoms with E-state index < -0.39 is 0 Å². The fourth-order valence-electron chi connectivity index (χ4n) is 4.73. The molecule has 2 aromatic carbocycles. The third-order valence-electron chi connectivity index (χ3n) is 5.95. The Morgan fingerprint density at radius 2 is 1.60 bits per heavy atom. The SMILES string of the molecule is COc1ccc(C2CC(=O)N(c3cc(C)cc(C)c3)C3=C2C(=O)CCC3)cc1OC. The summed E-state index contributed by atoms with van der Waals surface area (Å²) in [7, 11) is 3.18. The Kier molecular flexibility index (Phi) is 5.37. The molecule has 0 radical (unpaired) electrons. The fourth-order valence-corrected chi connectivity index (χ4v) is 4.73. The van der Waals surface area contributed by atoms with Gasteiger partial charge in [0, 0.05) is 35.7 Å². The molecule has 1 unspecified atom stereocenters. The van der Waals surface area contributed by atoms with Crippen molar-refractivity contribution in [1.82, 2.24) is 0 Å². The van der Waals surface area contributed by atoms with E-state index in [-0.39, 0.29) is 24.0 Å². The Morgan fingerprint density at radius 1 is 0.900 bits per heavy atom. The lowest BCUT2D eigenvalue weighted by atomic mass is 9.77. The lowest BCUT2D eigenvalue weighted by Gasteiger charge is -2.38. The number of nitrogens with zero attached hydrogens (tertiary/aromatic N) is 1. The summed E-state index contributed by atoms with van der Waals surface area (Å²) in [6.07, 6.45) is 2.28. The van der Waals surface area contributed by atoms with Crippen LogP contribution >= 0.6 is 0 Å². The van der Waals surface area contributed by atoms with Crippen LogP contribution in [0.15, 0.2) is 47.7 Å². The number of rotatable bonds is 4. The largest absolute Gasteiger partial charge is 0.493 e. The van der Waals surface area contributed by atoms with Gasteiger partial charge in [-0.15, -0.1) is 0 Å². The lowest BCUT2D eigenvalue weighted by Crippen LogP contribution is -2.40. The molecule has 2 aliphatic rings. The zero-order valence-electron chi connectivity index (χ0n) is 18.0. The number of hydrogen-bond donors (Lipinski definition) is 0. The summed E-state index contributed by atoms with van der Waals surface area (Å²) in [6.45, 7) is 4.05. The van der Waals surface area contributed by atoms with Gasteiger partial charge in [-0.25, -0.2) is 0 Å². The Hall–Kier alpha value is -3.08. The van der Waals surface area contributed by atoms with E-state index in [0.29, 0.717) is 17.9 Å². The fraction of sp³-hybridized carbons (Fsp3) is 0.360. The number of carbonyl (C=O) groups excluding carboxylic acids is 2. The molecule has 0 aromatic heterocycles. The number of aryl methyl sites for hydroxylation is 2. The van der Waals surface area contributed by atoms with Crippen LogP contribution in [0.4, 0.5) is 5.69 Å². The standard InChI is InChI=1S/C25H27NO4/c1-15-10-16(2)12-18(11-15)26-20-6-5-7-21(27)25(20)19(14-24(26)28)17-8-9-22(29-3)23(13-17)30-4/h8-13,19H,5-7,14H2,1-4H3. The average molecular weight is 405 g/mol. The molecule has 0 saturated carbocycles. The smallest absolute Gasteiger partial charge is 0.232 e.